The zero-order valence-corrected chi connectivity index (χ0v) is 18.7. The van der Waals surface area contributed by atoms with Crippen molar-refractivity contribution >= 4 is 46.7 Å². The first-order valence-corrected chi connectivity index (χ1v) is 10.2. The van der Waals surface area contributed by atoms with Gasteiger partial charge in [0, 0.05) is 16.1 Å². The molecule has 0 aliphatic rings. The number of methoxy groups -OCH3 is 1. The minimum atomic E-state index is -0.168. The van der Waals surface area contributed by atoms with Gasteiger partial charge in [0.1, 0.15) is 18.1 Å². The zero-order valence-electron chi connectivity index (χ0n) is 16.4. The molecule has 0 aromatic heterocycles. The fraction of sp³-hybridized carbons (Fsp3) is 0.125. The van der Waals surface area contributed by atoms with Crippen LogP contribution >= 0.6 is 34.8 Å². The molecular formula is C24H19Cl3O3. The van der Waals surface area contributed by atoms with Crippen LogP contribution in [-0.2, 0) is 6.61 Å². The Kier molecular flexibility index (Phi) is 7.43. The summed E-state index contributed by atoms with van der Waals surface area (Å²) in [6.07, 6.45) is 3.23. The van der Waals surface area contributed by atoms with Gasteiger partial charge in [-0.1, -0.05) is 46.9 Å². The summed E-state index contributed by atoms with van der Waals surface area (Å²) in [6, 6.07) is 15.9. The van der Waals surface area contributed by atoms with Crippen LogP contribution in [-0.4, -0.2) is 12.9 Å². The van der Waals surface area contributed by atoms with Crippen molar-refractivity contribution in [1.29, 1.82) is 0 Å². The lowest BCUT2D eigenvalue weighted by Gasteiger charge is -2.12. The maximum absolute atomic E-state index is 12.4. The van der Waals surface area contributed by atoms with E-state index < -0.39 is 0 Å². The van der Waals surface area contributed by atoms with Gasteiger partial charge >= 0.3 is 0 Å². The van der Waals surface area contributed by atoms with Crippen molar-refractivity contribution in [2.75, 3.05) is 7.11 Å². The van der Waals surface area contributed by atoms with Crippen LogP contribution in [0.3, 0.4) is 0 Å². The van der Waals surface area contributed by atoms with E-state index in [0.29, 0.717) is 33.0 Å². The number of allylic oxidation sites excluding steroid dienone is 1. The van der Waals surface area contributed by atoms with Crippen LogP contribution in [0.4, 0.5) is 0 Å². The molecule has 3 aromatic carbocycles. The average Bonchev–Trinajstić information content (AvgIpc) is 2.74. The number of benzene rings is 3. The Morgan fingerprint density at radius 2 is 1.70 bits per heavy atom. The van der Waals surface area contributed by atoms with Gasteiger partial charge in [-0.2, -0.15) is 0 Å². The Morgan fingerprint density at radius 1 is 0.933 bits per heavy atom. The molecule has 0 amide bonds. The van der Waals surface area contributed by atoms with Gasteiger partial charge in [-0.3, -0.25) is 4.79 Å². The summed E-state index contributed by atoms with van der Waals surface area (Å²) in [5.41, 5.74) is 3.11. The number of rotatable bonds is 7. The highest BCUT2D eigenvalue weighted by atomic mass is 35.5. The smallest absolute Gasteiger partial charge is 0.185 e. The third kappa shape index (κ3) is 5.57. The fourth-order valence-corrected chi connectivity index (χ4v) is 3.22. The van der Waals surface area contributed by atoms with E-state index in [1.807, 2.05) is 37.3 Å². The SMILES string of the molecule is COc1ccc(/C=C/C(=O)c2ccc(Cl)c(Cl)c2)cc1COc1ccc(Cl)c(C)c1. The number of carbonyl (C=O) groups is 1. The van der Waals surface area contributed by atoms with Crippen molar-refractivity contribution in [2.45, 2.75) is 13.5 Å². The van der Waals surface area contributed by atoms with Crippen molar-refractivity contribution in [3.05, 3.63) is 98.0 Å². The topological polar surface area (TPSA) is 35.5 Å². The molecule has 0 aliphatic heterocycles. The summed E-state index contributed by atoms with van der Waals surface area (Å²) in [7, 11) is 1.61. The number of ketones is 1. The Morgan fingerprint density at radius 3 is 2.40 bits per heavy atom. The van der Waals surface area contributed by atoms with Crippen molar-refractivity contribution < 1.29 is 14.3 Å². The van der Waals surface area contributed by atoms with E-state index in [1.165, 1.54) is 6.08 Å². The third-order valence-electron chi connectivity index (χ3n) is 4.46. The molecule has 0 fully saturated rings. The normalized spacial score (nSPS) is 11.0. The molecule has 0 bridgehead atoms. The summed E-state index contributed by atoms with van der Waals surface area (Å²) in [6.45, 7) is 2.23. The number of halogens is 3. The van der Waals surface area contributed by atoms with Crippen molar-refractivity contribution in [3.8, 4) is 11.5 Å². The highest BCUT2D eigenvalue weighted by Gasteiger charge is 2.08. The first kappa shape index (κ1) is 22.2. The summed E-state index contributed by atoms with van der Waals surface area (Å²) < 4.78 is 11.3. The van der Waals surface area contributed by atoms with E-state index in [9.17, 15) is 4.79 Å². The second kappa shape index (κ2) is 10.0. The van der Waals surface area contributed by atoms with Crippen molar-refractivity contribution in [2.24, 2.45) is 0 Å². The highest BCUT2D eigenvalue weighted by Crippen LogP contribution is 2.26. The molecule has 0 spiro atoms. The number of carbonyl (C=O) groups excluding carboxylic acids is 1. The van der Waals surface area contributed by atoms with Crippen LogP contribution in [0.5, 0.6) is 11.5 Å². The maximum atomic E-state index is 12.4. The predicted octanol–water partition coefficient (Wildman–Crippen LogP) is 7.44. The van der Waals surface area contributed by atoms with Gasteiger partial charge < -0.3 is 9.47 Å². The molecular weight excluding hydrogens is 443 g/mol. The predicted molar refractivity (Wildman–Crippen MR) is 123 cm³/mol. The largest absolute Gasteiger partial charge is 0.496 e. The molecule has 0 atom stereocenters. The third-order valence-corrected chi connectivity index (χ3v) is 5.62. The lowest BCUT2D eigenvalue weighted by molar-refractivity contribution is 0.104. The molecule has 0 saturated heterocycles. The first-order chi connectivity index (χ1) is 14.4. The summed E-state index contributed by atoms with van der Waals surface area (Å²) >= 11 is 18.0. The van der Waals surface area contributed by atoms with Crippen LogP contribution in [0, 0.1) is 6.92 Å². The van der Waals surface area contributed by atoms with Gasteiger partial charge in [0.2, 0.25) is 0 Å². The molecule has 0 saturated carbocycles. The van der Waals surface area contributed by atoms with Gasteiger partial charge in [0.05, 0.1) is 17.2 Å². The van der Waals surface area contributed by atoms with Gasteiger partial charge in [-0.15, -0.1) is 0 Å². The molecule has 30 heavy (non-hydrogen) atoms. The summed E-state index contributed by atoms with van der Waals surface area (Å²) in [4.78, 5) is 12.4. The molecule has 154 valence electrons. The number of ether oxygens (including phenoxy) is 2. The Labute approximate surface area is 190 Å². The Hall–Kier alpha value is -2.46. The monoisotopic (exact) mass is 460 g/mol. The van der Waals surface area contributed by atoms with Crippen LogP contribution in [0.2, 0.25) is 15.1 Å². The van der Waals surface area contributed by atoms with E-state index in [0.717, 1.165) is 22.4 Å². The average molecular weight is 462 g/mol. The Bertz CT molecular complexity index is 1110. The van der Waals surface area contributed by atoms with E-state index in [2.05, 4.69) is 0 Å². The van der Waals surface area contributed by atoms with Crippen LogP contribution in [0.25, 0.3) is 6.08 Å². The van der Waals surface area contributed by atoms with Gasteiger partial charge in [0.15, 0.2) is 5.78 Å². The molecule has 0 aliphatic carbocycles. The molecule has 3 aromatic rings. The molecule has 3 nitrogen and oxygen atoms in total. The highest BCUT2D eigenvalue weighted by molar-refractivity contribution is 6.42. The first-order valence-electron chi connectivity index (χ1n) is 9.10. The minimum Gasteiger partial charge on any atom is -0.496 e. The molecule has 3 rings (SSSR count). The lowest BCUT2D eigenvalue weighted by Crippen LogP contribution is -2.00. The lowest BCUT2D eigenvalue weighted by atomic mass is 10.1. The second-order valence-electron chi connectivity index (χ2n) is 6.60. The maximum Gasteiger partial charge on any atom is 0.185 e. The minimum absolute atomic E-state index is 0.168. The zero-order chi connectivity index (χ0) is 21.7. The van der Waals surface area contributed by atoms with E-state index in [1.54, 1.807) is 37.5 Å². The standard InChI is InChI=1S/C24H19Cl3O3/c1-15-11-19(6-8-20(15)25)30-14-18-12-16(4-10-24(18)29-2)3-9-23(28)17-5-7-21(26)22(27)13-17/h3-13H,14H2,1-2H3/b9-3+. The Balaban J connectivity index is 1.75. The molecule has 0 N–H and O–H groups in total. The fourth-order valence-electron chi connectivity index (χ4n) is 2.80. The van der Waals surface area contributed by atoms with Gasteiger partial charge in [-0.05, 0) is 72.7 Å². The number of aryl methyl sites for hydroxylation is 1. The quantitative estimate of drug-likeness (QED) is 0.271. The molecule has 0 unspecified atom stereocenters. The van der Waals surface area contributed by atoms with E-state index >= 15 is 0 Å². The molecule has 0 radical (unpaired) electrons. The van der Waals surface area contributed by atoms with Crippen LogP contribution in [0.1, 0.15) is 27.0 Å². The van der Waals surface area contributed by atoms with Gasteiger partial charge in [0.25, 0.3) is 0 Å². The second-order valence-corrected chi connectivity index (χ2v) is 7.82. The van der Waals surface area contributed by atoms with Crippen molar-refractivity contribution in [1.82, 2.24) is 0 Å². The molecule has 6 heteroatoms. The van der Waals surface area contributed by atoms with Gasteiger partial charge in [-0.25, -0.2) is 0 Å². The van der Waals surface area contributed by atoms with Crippen LogP contribution < -0.4 is 9.47 Å². The number of hydrogen-bond acceptors (Lipinski definition) is 3. The summed E-state index contributed by atoms with van der Waals surface area (Å²) in [5, 5.41) is 1.45. The van der Waals surface area contributed by atoms with Crippen LogP contribution in [0.15, 0.2) is 60.7 Å². The van der Waals surface area contributed by atoms with E-state index in [-0.39, 0.29) is 5.78 Å². The molecule has 0 heterocycles. The summed E-state index contributed by atoms with van der Waals surface area (Å²) in [5.74, 6) is 1.25. The van der Waals surface area contributed by atoms with E-state index in [4.69, 9.17) is 44.3 Å². The van der Waals surface area contributed by atoms with Crippen molar-refractivity contribution in [3.63, 3.8) is 0 Å². The number of hydrogen-bond donors (Lipinski definition) is 0.